The molecule has 1 aliphatic heterocycles. The number of aromatic nitrogens is 1. The normalized spacial score (nSPS) is 19.3. The van der Waals surface area contributed by atoms with Crippen LogP contribution in [0.15, 0.2) is 5.38 Å². The summed E-state index contributed by atoms with van der Waals surface area (Å²) < 4.78 is 16.0. The van der Waals surface area contributed by atoms with Crippen LogP contribution >= 0.6 is 11.3 Å². The van der Waals surface area contributed by atoms with Crippen LogP contribution in [0.1, 0.15) is 26.5 Å². The number of carbonyl (C=O) groups is 1. The smallest absolute Gasteiger partial charge is 0.317 e. The molecule has 1 aromatic heterocycles. The Balaban J connectivity index is 1.92. The van der Waals surface area contributed by atoms with Crippen molar-refractivity contribution in [3.8, 4) is 0 Å². The molecule has 0 aliphatic carbocycles. The lowest BCUT2D eigenvalue weighted by Gasteiger charge is -2.23. The molecule has 0 bridgehead atoms. The molecule has 0 radical (unpaired) electrons. The first-order valence-electron chi connectivity index (χ1n) is 7.10. The standard InChI is InChI=1S/C14H22N2O4S/c1-4-19-12(17)14(2,3)11-9-21-13(16-11)15-7-10-8-18-5-6-20-10/h9-10H,4-8H2,1-3H3,(H,15,16). The highest BCUT2D eigenvalue weighted by molar-refractivity contribution is 7.13. The zero-order valence-corrected chi connectivity index (χ0v) is 13.5. The summed E-state index contributed by atoms with van der Waals surface area (Å²) in [6.07, 6.45) is 0.0455. The molecule has 7 heteroatoms. The number of nitrogens with one attached hydrogen (secondary N) is 1. The number of esters is 1. The number of thiazole rings is 1. The van der Waals surface area contributed by atoms with Crippen molar-refractivity contribution in [2.75, 3.05) is 38.3 Å². The number of rotatable bonds is 6. The number of carbonyl (C=O) groups excluding carboxylic acids is 1. The Hall–Kier alpha value is -1.18. The van der Waals surface area contributed by atoms with Crippen LogP contribution in [0.4, 0.5) is 5.13 Å². The van der Waals surface area contributed by atoms with Gasteiger partial charge in [0.1, 0.15) is 5.41 Å². The van der Waals surface area contributed by atoms with Crippen molar-refractivity contribution >= 4 is 22.4 Å². The summed E-state index contributed by atoms with van der Waals surface area (Å²) in [5, 5.41) is 5.89. The molecule has 1 aliphatic rings. The predicted molar refractivity (Wildman–Crippen MR) is 80.8 cm³/mol. The fourth-order valence-electron chi connectivity index (χ4n) is 1.91. The summed E-state index contributed by atoms with van der Waals surface area (Å²) in [6.45, 7) is 8.35. The molecular formula is C14H22N2O4S. The molecule has 2 heterocycles. The van der Waals surface area contributed by atoms with Crippen LogP contribution in [0.25, 0.3) is 0 Å². The molecule has 1 atom stereocenters. The van der Waals surface area contributed by atoms with Gasteiger partial charge in [0.15, 0.2) is 5.13 Å². The maximum absolute atomic E-state index is 12.0. The topological polar surface area (TPSA) is 69.7 Å². The Morgan fingerprint density at radius 2 is 2.38 bits per heavy atom. The van der Waals surface area contributed by atoms with Gasteiger partial charge in [0.2, 0.25) is 0 Å². The first-order chi connectivity index (χ1) is 10.0. The summed E-state index contributed by atoms with van der Waals surface area (Å²) >= 11 is 1.47. The number of nitrogens with zero attached hydrogens (tertiary/aromatic N) is 1. The minimum absolute atomic E-state index is 0.0455. The average Bonchev–Trinajstić information content (AvgIpc) is 2.96. The van der Waals surface area contributed by atoms with Gasteiger partial charge in [0.05, 0.1) is 38.2 Å². The first kappa shape index (κ1) is 16.2. The van der Waals surface area contributed by atoms with Gasteiger partial charge in [-0.15, -0.1) is 11.3 Å². The van der Waals surface area contributed by atoms with E-state index in [1.54, 1.807) is 6.92 Å². The molecule has 1 saturated heterocycles. The van der Waals surface area contributed by atoms with E-state index < -0.39 is 5.41 Å². The van der Waals surface area contributed by atoms with E-state index in [1.165, 1.54) is 11.3 Å². The predicted octanol–water partition coefficient (Wildman–Crippen LogP) is 1.81. The van der Waals surface area contributed by atoms with E-state index >= 15 is 0 Å². The second-order valence-corrected chi connectivity index (χ2v) is 6.19. The molecule has 0 saturated carbocycles. The molecule has 0 spiro atoms. The van der Waals surface area contributed by atoms with Gasteiger partial charge in [0.25, 0.3) is 0 Å². The molecule has 118 valence electrons. The third-order valence-corrected chi connectivity index (χ3v) is 4.10. The van der Waals surface area contributed by atoms with E-state index in [0.717, 1.165) is 5.13 Å². The van der Waals surface area contributed by atoms with E-state index in [-0.39, 0.29) is 12.1 Å². The van der Waals surface area contributed by atoms with Crippen molar-refractivity contribution in [1.82, 2.24) is 4.98 Å². The zero-order chi connectivity index (χ0) is 15.3. The number of hydrogen-bond acceptors (Lipinski definition) is 7. The van der Waals surface area contributed by atoms with Gasteiger partial charge in [-0.2, -0.15) is 0 Å². The highest BCUT2D eigenvalue weighted by Crippen LogP contribution is 2.28. The molecule has 1 fully saturated rings. The summed E-state index contributed by atoms with van der Waals surface area (Å²) in [4.78, 5) is 16.4. The molecule has 1 unspecified atom stereocenters. The van der Waals surface area contributed by atoms with Gasteiger partial charge < -0.3 is 19.5 Å². The first-order valence-corrected chi connectivity index (χ1v) is 7.98. The van der Waals surface area contributed by atoms with Crippen LogP contribution in [0.5, 0.6) is 0 Å². The van der Waals surface area contributed by atoms with Gasteiger partial charge >= 0.3 is 5.97 Å². The molecule has 1 aromatic rings. The van der Waals surface area contributed by atoms with Crippen molar-refractivity contribution < 1.29 is 19.0 Å². The molecule has 21 heavy (non-hydrogen) atoms. The highest BCUT2D eigenvalue weighted by atomic mass is 32.1. The quantitative estimate of drug-likeness (QED) is 0.808. The monoisotopic (exact) mass is 314 g/mol. The van der Waals surface area contributed by atoms with E-state index in [0.29, 0.717) is 38.7 Å². The van der Waals surface area contributed by atoms with Crippen LogP contribution in [0.3, 0.4) is 0 Å². The Morgan fingerprint density at radius 1 is 1.57 bits per heavy atom. The highest BCUT2D eigenvalue weighted by Gasteiger charge is 2.34. The minimum atomic E-state index is -0.739. The van der Waals surface area contributed by atoms with Crippen molar-refractivity contribution in [2.45, 2.75) is 32.3 Å². The summed E-state index contributed by atoms with van der Waals surface area (Å²) in [5.41, 5.74) is -0.0223. The van der Waals surface area contributed by atoms with Crippen LogP contribution < -0.4 is 5.32 Å². The Kier molecular flexibility index (Phi) is 5.55. The van der Waals surface area contributed by atoms with Crippen molar-refractivity contribution in [3.05, 3.63) is 11.1 Å². The summed E-state index contributed by atoms with van der Waals surface area (Å²) in [6, 6.07) is 0. The molecule has 0 amide bonds. The van der Waals surface area contributed by atoms with E-state index in [1.807, 2.05) is 19.2 Å². The van der Waals surface area contributed by atoms with Crippen LogP contribution in [-0.4, -0.2) is 50.0 Å². The second kappa shape index (κ2) is 7.20. The lowest BCUT2D eigenvalue weighted by molar-refractivity contribution is -0.148. The van der Waals surface area contributed by atoms with Gasteiger partial charge in [-0.25, -0.2) is 4.98 Å². The molecule has 0 aromatic carbocycles. The van der Waals surface area contributed by atoms with Gasteiger partial charge in [-0.3, -0.25) is 4.79 Å². The number of ether oxygens (including phenoxy) is 3. The maximum Gasteiger partial charge on any atom is 0.317 e. The van der Waals surface area contributed by atoms with Gasteiger partial charge in [-0.05, 0) is 20.8 Å². The van der Waals surface area contributed by atoms with Crippen LogP contribution in [0.2, 0.25) is 0 Å². The second-order valence-electron chi connectivity index (χ2n) is 5.33. The zero-order valence-electron chi connectivity index (χ0n) is 12.7. The van der Waals surface area contributed by atoms with Gasteiger partial charge in [-0.1, -0.05) is 0 Å². The fourth-order valence-corrected chi connectivity index (χ4v) is 2.80. The number of hydrogen-bond donors (Lipinski definition) is 1. The SMILES string of the molecule is CCOC(=O)C(C)(C)c1csc(NCC2COCCO2)n1. The molecule has 1 N–H and O–H groups in total. The molecular weight excluding hydrogens is 292 g/mol. The van der Waals surface area contributed by atoms with Crippen LogP contribution in [0, 0.1) is 0 Å². The molecule has 2 rings (SSSR count). The van der Waals surface area contributed by atoms with Crippen LogP contribution in [-0.2, 0) is 24.4 Å². The van der Waals surface area contributed by atoms with E-state index in [4.69, 9.17) is 14.2 Å². The summed E-state index contributed by atoms with van der Waals surface area (Å²) in [7, 11) is 0. The average molecular weight is 314 g/mol. The van der Waals surface area contributed by atoms with Gasteiger partial charge in [0, 0.05) is 11.9 Å². The lowest BCUT2D eigenvalue weighted by atomic mass is 9.90. The minimum Gasteiger partial charge on any atom is -0.465 e. The van der Waals surface area contributed by atoms with Crippen molar-refractivity contribution in [1.29, 1.82) is 0 Å². The third kappa shape index (κ3) is 4.15. The van der Waals surface area contributed by atoms with Crippen molar-refractivity contribution in [3.63, 3.8) is 0 Å². The maximum atomic E-state index is 12.0. The Morgan fingerprint density at radius 3 is 3.05 bits per heavy atom. The number of anilines is 1. The lowest BCUT2D eigenvalue weighted by Crippen LogP contribution is -2.34. The molecule has 6 nitrogen and oxygen atoms in total. The van der Waals surface area contributed by atoms with E-state index in [9.17, 15) is 4.79 Å². The Bertz CT molecular complexity index is 469. The summed E-state index contributed by atoms with van der Waals surface area (Å²) in [5.74, 6) is -0.258. The largest absolute Gasteiger partial charge is 0.465 e. The van der Waals surface area contributed by atoms with Crippen molar-refractivity contribution in [2.24, 2.45) is 0 Å². The van der Waals surface area contributed by atoms with E-state index in [2.05, 4.69) is 10.3 Å². The third-order valence-electron chi connectivity index (χ3n) is 3.30. The Labute approximate surface area is 128 Å². The fraction of sp³-hybridized carbons (Fsp3) is 0.714.